The highest BCUT2D eigenvalue weighted by atomic mass is 19.1. The Bertz CT molecular complexity index is 1370. The SMILES string of the molecule is CNC(=O)c1c(F)cnc2c([C@H](C)CNc3cc(-c4cnc(NC5CC5)nc4)ncn3)cccc12. The Hall–Kier alpha value is -4.21. The zero-order valence-corrected chi connectivity index (χ0v) is 19.4. The van der Waals surface area contributed by atoms with Crippen molar-refractivity contribution in [3.8, 4) is 11.3 Å². The van der Waals surface area contributed by atoms with E-state index in [4.69, 9.17) is 0 Å². The summed E-state index contributed by atoms with van der Waals surface area (Å²) in [6.45, 7) is 2.58. The molecule has 35 heavy (non-hydrogen) atoms. The molecule has 3 N–H and O–H groups in total. The molecule has 4 aromatic rings. The molecule has 3 aromatic heterocycles. The summed E-state index contributed by atoms with van der Waals surface area (Å²) in [5.74, 6) is 0.164. The van der Waals surface area contributed by atoms with Gasteiger partial charge in [0.05, 0.1) is 23.0 Å². The molecule has 1 aliphatic rings. The summed E-state index contributed by atoms with van der Waals surface area (Å²) >= 11 is 0. The lowest BCUT2D eigenvalue weighted by Gasteiger charge is -2.17. The van der Waals surface area contributed by atoms with Gasteiger partial charge in [0, 0.05) is 55.0 Å². The molecule has 1 atom stereocenters. The second kappa shape index (κ2) is 9.57. The van der Waals surface area contributed by atoms with Gasteiger partial charge in [0.25, 0.3) is 5.91 Å². The van der Waals surface area contributed by atoms with Crippen molar-refractivity contribution in [3.63, 3.8) is 0 Å². The predicted molar refractivity (Wildman–Crippen MR) is 132 cm³/mol. The Morgan fingerprint density at radius 2 is 1.91 bits per heavy atom. The van der Waals surface area contributed by atoms with Gasteiger partial charge in [-0.1, -0.05) is 25.1 Å². The van der Waals surface area contributed by atoms with Gasteiger partial charge in [0.2, 0.25) is 5.95 Å². The van der Waals surface area contributed by atoms with Crippen LogP contribution in [0.15, 0.2) is 49.2 Å². The third-order valence-electron chi connectivity index (χ3n) is 5.98. The molecule has 9 nitrogen and oxygen atoms in total. The highest BCUT2D eigenvalue weighted by Crippen LogP contribution is 2.28. The first-order valence-electron chi connectivity index (χ1n) is 11.5. The average Bonchev–Trinajstić information content (AvgIpc) is 3.71. The fourth-order valence-electron chi connectivity index (χ4n) is 3.90. The minimum atomic E-state index is -0.645. The predicted octanol–water partition coefficient (Wildman–Crippen LogP) is 3.77. The van der Waals surface area contributed by atoms with Crippen molar-refractivity contribution in [2.24, 2.45) is 0 Å². The Labute approximate surface area is 201 Å². The topological polar surface area (TPSA) is 118 Å². The van der Waals surface area contributed by atoms with E-state index in [1.54, 1.807) is 18.5 Å². The van der Waals surface area contributed by atoms with Gasteiger partial charge in [0.15, 0.2) is 5.82 Å². The molecule has 1 fully saturated rings. The molecule has 0 spiro atoms. The molecule has 10 heteroatoms. The molecule has 0 saturated heterocycles. The number of halogens is 1. The van der Waals surface area contributed by atoms with E-state index in [1.165, 1.54) is 13.4 Å². The van der Waals surface area contributed by atoms with Crippen molar-refractivity contribution in [3.05, 3.63) is 66.1 Å². The lowest BCUT2D eigenvalue weighted by Crippen LogP contribution is -2.20. The largest absolute Gasteiger partial charge is 0.369 e. The van der Waals surface area contributed by atoms with Crippen molar-refractivity contribution in [2.45, 2.75) is 31.7 Å². The standard InChI is InChI=1S/C25H25FN8O/c1-14(17-4-3-5-18-22(24(35)27-2)19(26)12-29-23(17)18)9-28-21-8-20(32-13-33-21)15-10-30-25(31-11-15)34-16-6-7-16/h3-5,8,10-14,16H,6-7,9H2,1-2H3,(H,27,35)(H,28,32,33)(H,30,31,34)/t14-/m1/s1. The van der Waals surface area contributed by atoms with E-state index in [9.17, 15) is 9.18 Å². The molecule has 1 amide bonds. The average molecular weight is 473 g/mol. The molecule has 1 aliphatic carbocycles. The zero-order chi connectivity index (χ0) is 24.4. The molecule has 178 valence electrons. The molecular weight excluding hydrogens is 447 g/mol. The first-order chi connectivity index (χ1) is 17.0. The Kier molecular flexibility index (Phi) is 6.17. The lowest BCUT2D eigenvalue weighted by molar-refractivity contribution is 0.0960. The smallest absolute Gasteiger partial charge is 0.254 e. The summed E-state index contributed by atoms with van der Waals surface area (Å²) in [5.41, 5.74) is 3.02. The zero-order valence-electron chi connectivity index (χ0n) is 19.4. The quantitative estimate of drug-likeness (QED) is 0.355. The van der Waals surface area contributed by atoms with Crippen LogP contribution in [-0.2, 0) is 0 Å². The number of hydrogen-bond donors (Lipinski definition) is 3. The van der Waals surface area contributed by atoms with Crippen molar-refractivity contribution in [1.29, 1.82) is 0 Å². The van der Waals surface area contributed by atoms with E-state index in [-0.39, 0.29) is 11.5 Å². The number of para-hydroxylation sites is 1. The number of anilines is 2. The van der Waals surface area contributed by atoms with E-state index in [2.05, 4.69) is 40.9 Å². The second-order valence-electron chi connectivity index (χ2n) is 8.59. The van der Waals surface area contributed by atoms with Gasteiger partial charge in [-0.25, -0.2) is 24.3 Å². The molecule has 1 saturated carbocycles. The number of rotatable bonds is 8. The van der Waals surface area contributed by atoms with Gasteiger partial charge < -0.3 is 16.0 Å². The molecule has 0 unspecified atom stereocenters. The van der Waals surface area contributed by atoms with Gasteiger partial charge in [-0.2, -0.15) is 0 Å². The Morgan fingerprint density at radius 3 is 2.66 bits per heavy atom. The monoisotopic (exact) mass is 472 g/mol. The van der Waals surface area contributed by atoms with Crippen molar-refractivity contribution < 1.29 is 9.18 Å². The highest BCUT2D eigenvalue weighted by Gasteiger charge is 2.22. The highest BCUT2D eigenvalue weighted by molar-refractivity contribution is 6.06. The van der Waals surface area contributed by atoms with Gasteiger partial charge in [-0.05, 0) is 18.4 Å². The summed E-state index contributed by atoms with van der Waals surface area (Å²) < 4.78 is 14.4. The first-order valence-corrected chi connectivity index (χ1v) is 11.5. The molecule has 0 aliphatic heterocycles. The summed E-state index contributed by atoms with van der Waals surface area (Å²) in [7, 11) is 1.48. The van der Waals surface area contributed by atoms with E-state index < -0.39 is 11.7 Å². The van der Waals surface area contributed by atoms with Crippen LogP contribution in [0.4, 0.5) is 16.2 Å². The van der Waals surface area contributed by atoms with Gasteiger partial charge in [-0.3, -0.25) is 9.78 Å². The number of amides is 1. The van der Waals surface area contributed by atoms with Crippen molar-refractivity contribution in [2.75, 3.05) is 24.2 Å². The van der Waals surface area contributed by atoms with E-state index in [0.717, 1.165) is 30.2 Å². The summed E-state index contributed by atoms with van der Waals surface area (Å²) in [6, 6.07) is 7.80. The fourth-order valence-corrected chi connectivity index (χ4v) is 3.90. The molecule has 0 radical (unpaired) electrons. The van der Waals surface area contributed by atoms with Crippen LogP contribution >= 0.6 is 0 Å². The molecular formula is C25H25FN8O. The van der Waals surface area contributed by atoms with E-state index in [1.807, 2.05) is 25.1 Å². The molecule has 5 rings (SSSR count). The molecule has 1 aromatic carbocycles. The Morgan fingerprint density at radius 1 is 1.11 bits per heavy atom. The maximum atomic E-state index is 14.4. The minimum absolute atomic E-state index is 0.000482. The van der Waals surface area contributed by atoms with Gasteiger partial charge in [0.1, 0.15) is 12.1 Å². The normalized spacial score (nSPS) is 13.9. The van der Waals surface area contributed by atoms with Crippen LogP contribution in [0.5, 0.6) is 0 Å². The number of carbonyl (C=O) groups is 1. The van der Waals surface area contributed by atoms with Crippen LogP contribution in [0.1, 0.15) is 41.6 Å². The number of nitrogens with zero attached hydrogens (tertiary/aromatic N) is 5. The molecule has 3 heterocycles. The van der Waals surface area contributed by atoms with Crippen LogP contribution < -0.4 is 16.0 Å². The second-order valence-corrected chi connectivity index (χ2v) is 8.59. The third kappa shape index (κ3) is 4.86. The number of pyridine rings is 1. The maximum Gasteiger partial charge on any atom is 0.254 e. The number of fused-ring (bicyclic) bond motifs is 1. The van der Waals surface area contributed by atoms with Crippen molar-refractivity contribution >= 4 is 28.6 Å². The van der Waals surface area contributed by atoms with Gasteiger partial charge >= 0.3 is 0 Å². The fraction of sp³-hybridized carbons (Fsp3) is 0.280. The maximum absolute atomic E-state index is 14.4. The van der Waals surface area contributed by atoms with Gasteiger partial charge in [-0.15, -0.1) is 0 Å². The number of carbonyl (C=O) groups excluding carboxylic acids is 1. The molecule has 0 bridgehead atoms. The van der Waals surface area contributed by atoms with Crippen LogP contribution in [0.25, 0.3) is 22.2 Å². The lowest BCUT2D eigenvalue weighted by atomic mass is 9.96. The first kappa shape index (κ1) is 22.6. The summed E-state index contributed by atoms with van der Waals surface area (Å²) in [5, 5.41) is 9.59. The summed E-state index contributed by atoms with van der Waals surface area (Å²) in [4.78, 5) is 33.9. The number of aromatic nitrogens is 5. The van der Waals surface area contributed by atoms with Crippen LogP contribution in [-0.4, -0.2) is 50.5 Å². The number of hydrogen-bond acceptors (Lipinski definition) is 8. The number of benzene rings is 1. The minimum Gasteiger partial charge on any atom is -0.369 e. The third-order valence-corrected chi connectivity index (χ3v) is 5.98. The number of nitrogens with one attached hydrogen (secondary N) is 3. The van der Waals surface area contributed by atoms with E-state index >= 15 is 0 Å². The van der Waals surface area contributed by atoms with E-state index in [0.29, 0.717) is 40.9 Å². The Balaban J connectivity index is 1.32. The van der Waals surface area contributed by atoms with Crippen LogP contribution in [0.2, 0.25) is 0 Å². The van der Waals surface area contributed by atoms with Crippen LogP contribution in [0.3, 0.4) is 0 Å². The van der Waals surface area contributed by atoms with Crippen LogP contribution in [0, 0.1) is 5.82 Å². The van der Waals surface area contributed by atoms with Crippen molar-refractivity contribution in [1.82, 2.24) is 30.2 Å². The summed E-state index contributed by atoms with van der Waals surface area (Å²) in [6.07, 6.45) is 8.41.